The summed E-state index contributed by atoms with van der Waals surface area (Å²) in [5.41, 5.74) is 1.09. The predicted octanol–water partition coefficient (Wildman–Crippen LogP) is 3.32. The standard InChI is InChI=1S/C18H29FN2/c1-13(2)17-12-21(18(11-20-17)14(3)4)9-8-15-6-5-7-16(19)10-15/h5-7,10,13-14,17-18,20H,8-9,11-12H2,1-4H3. The smallest absolute Gasteiger partial charge is 0.123 e. The molecule has 1 aliphatic heterocycles. The normalized spacial score (nSPS) is 24.0. The molecule has 2 rings (SSSR count). The summed E-state index contributed by atoms with van der Waals surface area (Å²) in [5, 5.41) is 3.69. The first-order valence-corrected chi connectivity index (χ1v) is 8.19. The van der Waals surface area contributed by atoms with E-state index in [0.717, 1.165) is 31.6 Å². The lowest BCUT2D eigenvalue weighted by atomic mass is 9.94. The highest BCUT2D eigenvalue weighted by Crippen LogP contribution is 2.19. The molecule has 0 bridgehead atoms. The van der Waals surface area contributed by atoms with Crippen LogP contribution in [0.15, 0.2) is 24.3 Å². The van der Waals surface area contributed by atoms with Crippen molar-refractivity contribution in [3.05, 3.63) is 35.6 Å². The van der Waals surface area contributed by atoms with Crippen LogP contribution in [0.1, 0.15) is 33.3 Å². The Balaban J connectivity index is 1.99. The van der Waals surface area contributed by atoms with E-state index in [1.807, 2.05) is 6.07 Å². The van der Waals surface area contributed by atoms with Gasteiger partial charge in [0.05, 0.1) is 0 Å². The topological polar surface area (TPSA) is 15.3 Å². The quantitative estimate of drug-likeness (QED) is 0.895. The summed E-state index contributed by atoms with van der Waals surface area (Å²) < 4.78 is 13.3. The summed E-state index contributed by atoms with van der Waals surface area (Å²) in [6.07, 6.45) is 0.922. The lowest BCUT2D eigenvalue weighted by molar-refractivity contribution is 0.0863. The van der Waals surface area contributed by atoms with E-state index in [1.54, 1.807) is 12.1 Å². The molecule has 0 aliphatic carbocycles. The van der Waals surface area contributed by atoms with Crippen molar-refractivity contribution in [2.45, 2.75) is 46.2 Å². The number of benzene rings is 1. The molecule has 1 aromatic rings. The molecular formula is C18H29FN2. The van der Waals surface area contributed by atoms with Gasteiger partial charge in [-0.05, 0) is 36.0 Å². The van der Waals surface area contributed by atoms with Crippen molar-refractivity contribution < 1.29 is 4.39 Å². The Morgan fingerprint density at radius 1 is 1.24 bits per heavy atom. The van der Waals surface area contributed by atoms with E-state index in [9.17, 15) is 4.39 Å². The molecule has 21 heavy (non-hydrogen) atoms. The first kappa shape index (κ1) is 16.4. The van der Waals surface area contributed by atoms with Gasteiger partial charge in [-0.3, -0.25) is 4.90 Å². The Bertz CT molecular complexity index is 445. The molecular weight excluding hydrogens is 263 g/mol. The number of hydrogen-bond donors (Lipinski definition) is 1. The van der Waals surface area contributed by atoms with E-state index in [0.29, 0.717) is 23.9 Å². The molecule has 0 radical (unpaired) electrons. The van der Waals surface area contributed by atoms with Crippen molar-refractivity contribution in [1.29, 1.82) is 0 Å². The Labute approximate surface area is 128 Å². The minimum absolute atomic E-state index is 0.131. The maximum absolute atomic E-state index is 13.3. The summed E-state index contributed by atoms with van der Waals surface area (Å²) in [7, 11) is 0. The van der Waals surface area contributed by atoms with Crippen LogP contribution in [0.25, 0.3) is 0 Å². The third-order valence-electron chi connectivity index (χ3n) is 4.64. The molecule has 1 saturated heterocycles. The Morgan fingerprint density at radius 3 is 2.62 bits per heavy atom. The molecule has 0 aromatic heterocycles. The van der Waals surface area contributed by atoms with Crippen LogP contribution in [0.3, 0.4) is 0 Å². The third-order valence-corrected chi connectivity index (χ3v) is 4.64. The Morgan fingerprint density at radius 2 is 2.00 bits per heavy atom. The fourth-order valence-electron chi connectivity index (χ4n) is 3.18. The molecule has 1 aromatic carbocycles. The van der Waals surface area contributed by atoms with Gasteiger partial charge in [0.1, 0.15) is 5.82 Å². The van der Waals surface area contributed by atoms with Crippen molar-refractivity contribution in [1.82, 2.24) is 10.2 Å². The highest BCUT2D eigenvalue weighted by Gasteiger charge is 2.30. The fraction of sp³-hybridized carbons (Fsp3) is 0.667. The zero-order valence-corrected chi connectivity index (χ0v) is 13.8. The Hall–Kier alpha value is -0.930. The number of nitrogens with zero attached hydrogens (tertiary/aromatic N) is 1. The lowest BCUT2D eigenvalue weighted by Crippen LogP contribution is -2.59. The number of rotatable bonds is 5. The van der Waals surface area contributed by atoms with E-state index in [1.165, 1.54) is 6.07 Å². The summed E-state index contributed by atoms with van der Waals surface area (Å²) in [6.45, 7) is 12.3. The second kappa shape index (κ2) is 7.37. The predicted molar refractivity (Wildman–Crippen MR) is 86.9 cm³/mol. The average molecular weight is 292 g/mol. The number of nitrogens with one attached hydrogen (secondary N) is 1. The molecule has 118 valence electrons. The molecule has 0 amide bonds. The number of piperazine rings is 1. The van der Waals surface area contributed by atoms with Gasteiger partial charge in [0, 0.05) is 31.7 Å². The minimum Gasteiger partial charge on any atom is -0.311 e. The van der Waals surface area contributed by atoms with Crippen molar-refractivity contribution in [2.24, 2.45) is 11.8 Å². The van der Waals surface area contributed by atoms with Crippen LogP contribution in [-0.4, -0.2) is 36.6 Å². The number of halogens is 1. The van der Waals surface area contributed by atoms with Gasteiger partial charge in [0.15, 0.2) is 0 Å². The summed E-state index contributed by atoms with van der Waals surface area (Å²) in [4.78, 5) is 2.59. The first-order valence-electron chi connectivity index (χ1n) is 8.19. The summed E-state index contributed by atoms with van der Waals surface area (Å²) >= 11 is 0. The lowest BCUT2D eigenvalue weighted by Gasteiger charge is -2.43. The van der Waals surface area contributed by atoms with E-state index < -0.39 is 0 Å². The molecule has 2 unspecified atom stereocenters. The molecule has 1 fully saturated rings. The minimum atomic E-state index is -0.131. The molecule has 0 saturated carbocycles. The van der Waals surface area contributed by atoms with Crippen LogP contribution in [0.4, 0.5) is 4.39 Å². The molecule has 1 heterocycles. The van der Waals surface area contributed by atoms with Crippen LogP contribution in [0.5, 0.6) is 0 Å². The van der Waals surface area contributed by atoms with Crippen LogP contribution >= 0.6 is 0 Å². The zero-order valence-electron chi connectivity index (χ0n) is 13.8. The summed E-state index contributed by atoms with van der Waals surface area (Å²) in [6, 6.07) is 8.14. The maximum Gasteiger partial charge on any atom is 0.123 e. The summed E-state index contributed by atoms with van der Waals surface area (Å²) in [5.74, 6) is 1.15. The van der Waals surface area contributed by atoms with Gasteiger partial charge in [0.2, 0.25) is 0 Å². The average Bonchev–Trinajstić information content (AvgIpc) is 2.44. The van der Waals surface area contributed by atoms with Gasteiger partial charge in [-0.2, -0.15) is 0 Å². The number of hydrogen-bond acceptors (Lipinski definition) is 2. The molecule has 3 heteroatoms. The van der Waals surface area contributed by atoms with Gasteiger partial charge in [0.25, 0.3) is 0 Å². The van der Waals surface area contributed by atoms with Crippen molar-refractivity contribution >= 4 is 0 Å². The highest BCUT2D eigenvalue weighted by atomic mass is 19.1. The second-order valence-electron chi connectivity index (χ2n) is 6.94. The van der Waals surface area contributed by atoms with Gasteiger partial charge in [-0.15, -0.1) is 0 Å². The van der Waals surface area contributed by atoms with Gasteiger partial charge < -0.3 is 5.32 Å². The maximum atomic E-state index is 13.3. The van der Waals surface area contributed by atoms with Crippen molar-refractivity contribution in [3.8, 4) is 0 Å². The van der Waals surface area contributed by atoms with Gasteiger partial charge >= 0.3 is 0 Å². The molecule has 2 nitrogen and oxygen atoms in total. The third kappa shape index (κ3) is 4.52. The zero-order chi connectivity index (χ0) is 15.4. The van der Waals surface area contributed by atoms with Crippen LogP contribution in [-0.2, 0) is 6.42 Å². The SMILES string of the molecule is CC(C)C1CN(CCc2cccc(F)c2)C(C(C)C)CN1. The van der Waals surface area contributed by atoms with E-state index in [2.05, 4.69) is 37.9 Å². The molecule has 2 atom stereocenters. The molecule has 0 spiro atoms. The monoisotopic (exact) mass is 292 g/mol. The van der Waals surface area contributed by atoms with E-state index in [4.69, 9.17) is 0 Å². The van der Waals surface area contributed by atoms with Gasteiger partial charge in [-0.1, -0.05) is 39.8 Å². The highest BCUT2D eigenvalue weighted by molar-refractivity contribution is 5.16. The Kier molecular flexibility index (Phi) is 5.77. The van der Waals surface area contributed by atoms with Gasteiger partial charge in [-0.25, -0.2) is 4.39 Å². The van der Waals surface area contributed by atoms with Crippen LogP contribution in [0.2, 0.25) is 0 Å². The fourth-order valence-corrected chi connectivity index (χ4v) is 3.18. The van der Waals surface area contributed by atoms with Crippen LogP contribution < -0.4 is 5.32 Å². The molecule has 1 N–H and O–H groups in total. The second-order valence-corrected chi connectivity index (χ2v) is 6.94. The van der Waals surface area contributed by atoms with E-state index in [-0.39, 0.29) is 5.82 Å². The first-order chi connectivity index (χ1) is 9.97. The van der Waals surface area contributed by atoms with Crippen LogP contribution in [0, 0.1) is 17.7 Å². The van der Waals surface area contributed by atoms with E-state index >= 15 is 0 Å². The molecule has 1 aliphatic rings. The van der Waals surface area contributed by atoms with Crippen molar-refractivity contribution in [2.75, 3.05) is 19.6 Å². The van der Waals surface area contributed by atoms with Crippen molar-refractivity contribution in [3.63, 3.8) is 0 Å². The largest absolute Gasteiger partial charge is 0.311 e.